The van der Waals surface area contributed by atoms with Crippen molar-refractivity contribution in [3.63, 3.8) is 0 Å². The second-order valence-electron chi connectivity index (χ2n) is 5.53. The average Bonchev–Trinajstić information content (AvgIpc) is 2.73. The van der Waals surface area contributed by atoms with Crippen molar-refractivity contribution in [3.8, 4) is 0 Å². The highest BCUT2D eigenvalue weighted by Crippen LogP contribution is 2.28. The van der Waals surface area contributed by atoms with Crippen molar-refractivity contribution >= 4 is 16.7 Å². The monoisotopic (exact) mass is 294 g/mol. The summed E-state index contributed by atoms with van der Waals surface area (Å²) in [5.74, 6) is 0.586. The Morgan fingerprint density at radius 3 is 2.80 bits per heavy atom. The summed E-state index contributed by atoms with van der Waals surface area (Å²) < 4.78 is 11.4. The molecule has 1 amide bonds. The van der Waals surface area contributed by atoms with Gasteiger partial charge in [0.05, 0.1) is 6.54 Å². The molecule has 1 heterocycles. The van der Waals surface area contributed by atoms with Gasteiger partial charge in [0, 0.05) is 28.9 Å². The zero-order valence-electron chi connectivity index (χ0n) is 12.5. The predicted octanol–water partition coefficient (Wildman–Crippen LogP) is 1.50. The summed E-state index contributed by atoms with van der Waals surface area (Å²) in [5.41, 5.74) is 3.47. The largest absolute Gasteiger partial charge is 0.318 e. The number of amides is 1. The lowest BCUT2D eigenvalue weighted by Crippen LogP contribution is -2.41. The minimum absolute atomic E-state index is 0.0340. The molecule has 1 aliphatic heterocycles. The summed E-state index contributed by atoms with van der Waals surface area (Å²) in [7, 11) is -0.909. The van der Waals surface area contributed by atoms with Gasteiger partial charge in [-0.1, -0.05) is 23.8 Å². The van der Waals surface area contributed by atoms with Crippen LogP contribution in [-0.4, -0.2) is 39.6 Å². The molecule has 3 unspecified atom stereocenters. The Hall–Kier alpha value is -1.20. The first kappa shape index (κ1) is 15.2. The minimum atomic E-state index is -0.909. The molecule has 3 atom stereocenters. The predicted molar refractivity (Wildman–Crippen MR) is 81.9 cm³/mol. The van der Waals surface area contributed by atoms with Crippen LogP contribution in [0, 0.1) is 13.8 Å². The highest BCUT2D eigenvalue weighted by atomic mass is 32.2. The van der Waals surface area contributed by atoms with E-state index in [-0.39, 0.29) is 18.1 Å². The van der Waals surface area contributed by atoms with Gasteiger partial charge in [-0.3, -0.25) is 14.3 Å². The number of hydrogen-bond acceptors (Lipinski definition) is 3. The van der Waals surface area contributed by atoms with E-state index in [1.165, 1.54) is 5.56 Å². The van der Waals surface area contributed by atoms with Gasteiger partial charge in [-0.05, 0) is 31.9 Å². The number of carbonyl (C=O) groups excluding carboxylic acids is 1. The molecule has 4 nitrogen and oxygen atoms in total. The first-order valence-corrected chi connectivity index (χ1v) is 8.54. The first-order chi connectivity index (χ1) is 9.40. The van der Waals surface area contributed by atoms with Crippen molar-refractivity contribution < 1.29 is 9.00 Å². The van der Waals surface area contributed by atoms with Gasteiger partial charge in [0.15, 0.2) is 0 Å². The third-order valence-corrected chi connectivity index (χ3v) is 4.64. The maximum absolute atomic E-state index is 12.1. The van der Waals surface area contributed by atoms with E-state index in [1.54, 1.807) is 6.26 Å². The van der Waals surface area contributed by atoms with Gasteiger partial charge < -0.3 is 4.90 Å². The van der Waals surface area contributed by atoms with Crippen LogP contribution in [0.1, 0.15) is 29.8 Å². The molecule has 1 saturated heterocycles. The van der Waals surface area contributed by atoms with E-state index in [2.05, 4.69) is 37.4 Å². The summed E-state index contributed by atoms with van der Waals surface area (Å²) in [6.07, 6.45) is 1.57. The fourth-order valence-electron chi connectivity index (χ4n) is 2.75. The average molecular weight is 294 g/mol. The van der Waals surface area contributed by atoms with Crippen LogP contribution in [0.2, 0.25) is 0 Å². The Morgan fingerprint density at radius 2 is 2.15 bits per heavy atom. The number of aryl methyl sites for hydroxylation is 2. The molecule has 1 N–H and O–H groups in total. The van der Waals surface area contributed by atoms with Gasteiger partial charge in [0.1, 0.15) is 6.17 Å². The van der Waals surface area contributed by atoms with Crippen molar-refractivity contribution in [3.05, 3.63) is 34.9 Å². The molecule has 1 aromatic rings. The standard InChI is InChI=1S/C15H22N2O2S/c1-10-5-6-11(2)13(7-10)15-16-8-14(18)17(15)12(3)9-20(4)19/h5-7,12,15-16H,8-9H2,1-4H3. The second-order valence-corrected chi connectivity index (χ2v) is 7.01. The van der Waals surface area contributed by atoms with Crippen molar-refractivity contribution in [2.45, 2.75) is 33.0 Å². The maximum atomic E-state index is 12.1. The summed E-state index contributed by atoms with van der Waals surface area (Å²) in [5, 5.41) is 3.27. The molecular formula is C15H22N2O2S. The topological polar surface area (TPSA) is 49.4 Å². The Labute approximate surface area is 123 Å². The fraction of sp³-hybridized carbons (Fsp3) is 0.533. The first-order valence-electron chi connectivity index (χ1n) is 6.82. The molecule has 0 aliphatic carbocycles. The van der Waals surface area contributed by atoms with Crippen LogP contribution in [0.3, 0.4) is 0 Å². The molecule has 5 heteroatoms. The van der Waals surface area contributed by atoms with Gasteiger partial charge in [0.25, 0.3) is 0 Å². The maximum Gasteiger partial charge on any atom is 0.238 e. The van der Waals surface area contributed by atoms with Gasteiger partial charge in [-0.25, -0.2) is 0 Å². The number of rotatable bonds is 4. The quantitative estimate of drug-likeness (QED) is 0.915. The zero-order chi connectivity index (χ0) is 14.9. The molecule has 0 bridgehead atoms. The van der Waals surface area contributed by atoms with Crippen molar-refractivity contribution in [2.75, 3.05) is 18.6 Å². The Morgan fingerprint density at radius 1 is 1.45 bits per heavy atom. The van der Waals surface area contributed by atoms with Crippen molar-refractivity contribution in [1.29, 1.82) is 0 Å². The van der Waals surface area contributed by atoms with Crippen LogP contribution in [-0.2, 0) is 15.6 Å². The van der Waals surface area contributed by atoms with Crippen LogP contribution >= 0.6 is 0 Å². The molecule has 110 valence electrons. The molecule has 0 radical (unpaired) electrons. The summed E-state index contributed by atoms with van der Waals surface area (Å²) in [6.45, 7) is 6.41. The van der Waals surface area contributed by atoms with Crippen LogP contribution < -0.4 is 5.32 Å². The van der Waals surface area contributed by atoms with Crippen LogP contribution in [0.4, 0.5) is 0 Å². The lowest BCUT2D eigenvalue weighted by atomic mass is 10.0. The van der Waals surface area contributed by atoms with E-state index in [9.17, 15) is 9.00 Å². The van der Waals surface area contributed by atoms with E-state index in [4.69, 9.17) is 0 Å². The number of nitrogens with zero attached hydrogens (tertiary/aromatic N) is 1. The second kappa shape index (κ2) is 6.06. The molecule has 0 saturated carbocycles. The summed E-state index contributed by atoms with van der Waals surface area (Å²) in [4.78, 5) is 14.0. The van der Waals surface area contributed by atoms with Crippen LogP contribution in [0.15, 0.2) is 18.2 Å². The third-order valence-electron chi connectivity index (χ3n) is 3.69. The normalized spacial score (nSPS) is 22.1. The van der Waals surface area contributed by atoms with E-state index in [0.717, 1.165) is 11.1 Å². The molecule has 0 spiro atoms. The minimum Gasteiger partial charge on any atom is -0.318 e. The summed E-state index contributed by atoms with van der Waals surface area (Å²) in [6, 6.07) is 6.24. The van der Waals surface area contributed by atoms with E-state index in [0.29, 0.717) is 12.3 Å². The van der Waals surface area contributed by atoms with E-state index >= 15 is 0 Å². The zero-order valence-corrected chi connectivity index (χ0v) is 13.3. The molecule has 2 rings (SSSR count). The molecule has 1 aliphatic rings. The lowest BCUT2D eigenvalue weighted by molar-refractivity contribution is -0.129. The molecule has 1 aromatic carbocycles. The van der Waals surface area contributed by atoms with Gasteiger partial charge in [0.2, 0.25) is 5.91 Å². The van der Waals surface area contributed by atoms with Crippen molar-refractivity contribution in [2.24, 2.45) is 0 Å². The number of hydrogen-bond donors (Lipinski definition) is 1. The third kappa shape index (κ3) is 3.10. The number of benzene rings is 1. The number of nitrogens with one attached hydrogen (secondary N) is 1. The van der Waals surface area contributed by atoms with E-state index in [1.807, 2.05) is 11.8 Å². The lowest BCUT2D eigenvalue weighted by Gasteiger charge is -2.31. The molecule has 0 aromatic heterocycles. The summed E-state index contributed by atoms with van der Waals surface area (Å²) >= 11 is 0. The Balaban J connectivity index is 2.32. The Kier molecular flexibility index (Phi) is 4.60. The SMILES string of the molecule is Cc1ccc(C)c(C2NCC(=O)N2C(C)CS(C)=O)c1. The highest BCUT2D eigenvalue weighted by Gasteiger charge is 2.35. The molecular weight excluding hydrogens is 272 g/mol. The van der Waals surface area contributed by atoms with Gasteiger partial charge >= 0.3 is 0 Å². The van der Waals surface area contributed by atoms with Crippen LogP contribution in [0.25, 0.3) is 0 Å². The smallest absolute Gasteiger partial charge is 0.238 e. The fourth-order valence-corrected chi connectivity index (χ4v) is 3.59. The highest BCUT2D eigenvalue weighted by molar-refractivity contribution is 7.84. The molecule has 20 heavy (non-hydrogen) atoms. The Bertz CT molecular complexity index is 545. The van der Waals surface area contributed by atoms with Crippen molar-refractivity contribution in [1.82, 2.24) is 10.2 Å². The molecule has 1 fully saturated rings. The van der Waals surface area contributed by atoms with E-state index < -0.39 is 10.8 Å². The van der Waals surface area contributed by atoms with Gasteiger partial charge in [-0.15, -0.1) is 0 Å². The number of carbonyl (C=O) groups is 1. The van der Waals surface area contributed by atoms with Gasteiger partial charge in [-0.2, -0.15) is 0 Å². The van der Waals surface area contributed by atoms with Crippen LogP contribution in [0.5, 0.6) is 0 Å².